The molecule has 1 unspecified atom stereocenters. The molecule has 8 rings (SSSR count). The van der Waals surface area contributed by atoms with Crippen LogP contribution in [0, 0.1) is 21.7 Å². The second-order valence-electron chi connectivity index (χ2n) is 19.2. The van der Waals surface area contributed by atoms with Crippen molar-refractivity contribution < 1.29 is 33.7 Å². The van der Waals surface area contributed by atoms with Gasteiger partial charge in [-0.15, -0.1) is 11.3 Å². The normalized spacial score (nSPS) is 25.0. The van der Waals surface area contributed by atoms with Crippen molar-refractivity contribution in [1.82, 2.24) is 35.1 Å². The van der Waals surface area contributed by atoms with Crippen LogP contribution < -0.4 is 10.7 Å². The van der Waals surface area contributed by atoms with Crippen LogP contribution in [0.15, 0.2) is 46.9 Å². The summed E-state index contributed by atoms with van der Waals surface area (Å²) >= 11 is 1.42. The number of aryl methyl sites for hydroxylation is 1. The lowest BCUT2D eigenvalue weighted by molar-refractivity contribution is -0.835. The predicted octanol–water partition coefficient (Wildman–Crippen LogP) is 5.35. The van der Waals surface area contributed by atoms with E-state index in [0.717, 1.165) is 57.5 Å². The van der Waals surface area contributed by atoms with E-state index >= 15 is 0 Å². The number of aromatic nitrogens is 2. The molecule has 3 saturated heterocycles. The zero-order valence-corrected chi connectivity index (χ0v) is 39.0. The number of hydrogen-bond donors (Lipinski definition) is 2. The fourth-order valence-corrected chi connectivity index (χ4v) is 11.2. The third-order valence-corrected chi connectivity index (χ3v) is 14.6. The Bertz CT molecular complexity index is 2440. The Hall–Kier alpha value is -5.26. The van der Waals surface area contributed by atoms with Crippen LogP contribution in [0.2, 0.25) is 0 Å². The Morgan fingerprint density at radius 1 is 1.16 bits per heavy atom. The van der Waals surface area contributed by atoms with Gasteiger partial charge in [-0.1, -0.05) is 40.3 Å². The van der Waals surface area contributed by atoms with Crippen LogP contribution in [0.1, 0.15) is 89.4 Å². The largest absolute Gasteiger partial charge is 0.375 e. The second kappa shape index (κ2) is 18.0. The Morgan fingerprint density at radius 3 is 2.69 bits per heavy atom. The van der Waals surface area contributed by atoms with Gasteiger partial charge in [-0.05, 0) is 75.1 Å². The number of aliphatic imine (C=N–C) groups is 1. The fraction of sp³-hybridized carbons (Fsp3) is 0.574. The maximum absolute atomic E-state index is 14.6. The number of rotatable bonds is 8. The summed E-state index contributed by atoms with van der Waals surface area (Å²) in [5.41, 5.74) is 8.81. The number of benzene rings is 1. The second-order valence-corrected chi connectivity index (χ2v) is 20.2. The van der Waals surface area contributed by atoms with E-state index < -0.39 is 40.9 Å². The summed E-state index contributed by atoms with van der Waals surface area (Å²) in [6.07, 6.45) is 6.47. The molecule has 5 aliphatic heterocycles. The highest BCUT2D eigenvalue weighted by Crippen LogP contribution is 2.43. The van der Waals surface area contributed by atoms with E-state index in [2.05, 4.69) is 61.0 Å². The number of hydrogen-bond acceptors (Lipinski definition) is 11. The van der Waals surface area contributed by atoms with Gasteiger partial charge in [0.1, 0.15) is 12.1 Å². The number of nitrogens with one attached hydrogen (secondary N) is 2. The van der Waals surface area contributed by atoms with Crippen LogP contribution in [0.4, 0.5) is 0 Å². The summed E-state index contributed by atoms with van der Waals surface area (Å²) in [5.74, 6) is -1.51. The van der Waals surface area contributed by atoms with Crippen molar-refractivity contribution in [2.45, 2.75) is 110 Å². The number of thiazole rings is 1. The van der Waals surface area contributed by atoms with Crippen molar-refractivity contribution in [2.75, 3.05) is 39.9 Å². The SMILES string of the molecule is C=CC(=O)N1CCC2(CCN([C@H](C(=O)N[C@H]3Cc4nc(cs4)-c4ccc5c(c4)c(c(C4=C([C@H](C)OC)N=CCC4)n5C)CC(C)(C)CO[N+](=O)[C@@H]4CCCN(N4)C3=O)C(C)C)C2=O)C1. The molecule has 1 aromatic carbocycles. The van der Waals surface area contributed by atoms with Gasteiger partial charge in [-0.2, -0.15) is 5.43 Å². The minimum atomic E-state index is -1.07. The number of amides is 4. The monoisotopic (exact) mass is 896 g/mol. The number of carbonyl (C=O) groups excluding carboxylic acids is 4. The summed E-state index contributed by atoms with van der Waals surface area (Å²) in [5, 5.41) is 8.16. The highest BCUT2D eigenvalue weighted by atomic mass is 32.1. The van der Waals surface area contributed by atoms with E-state index in [1.165, 1.54) is 22.4 Å². The van der Waals surface area contributed by atoms with Gasteiger partial charge in [0, 0.05) is 97.9 Å². The van der Waals surface area contributed by atoms with Gasteiger partial charge in [0.15, 0.2) is 6.61 Å². The van der Waals surface area contributed by atoms with Gasteiger partial charge in [-0.25, -0.2) is 9.82 Å². The predicted molar refractivity (Wildman–Crippen MR) is 244 cm³/mol. The average molecular weight is 897 g/mol. The molecular formula is C47H62N9O7S+. The summed E-state index contributed by atoms with van der Waals surface area (Å²) in [4.78, 5) is 89.5. The van der Waals surface area contributed by atoms with Crippen LogP contribution in [0.3, 0.4) is 0 Å². The van der Waals surface area contributed by atoms with E-state index in [-0.39, 0.29) is 43.4 Å². The molecule has 2 aromatic heterocycles. The van der Waals surface area contributed by atoms with E-state index in [1.807, 2.05) is 32.4 Å². The molecule has 3 fully saturated rings. The van der Waals surface area contributed by atoms with Gasteiger partial charge >= 0.3 is 6.17 Å². The van der Waals surface area contributed by atoms with Crippen LogP contribution >= 0.6 is 11.3 Å². The Labute approximate surface area is 378 Å². The minimum Gasteiger partial charge on any atom is -0.375 e. The van der Waals surface area contributed by atoms with E-state index in [4.69, 9.17) is 19.6 Å². The molecule has 7 heterocycles. The van der Waals surface area contributed by atoms with Gasteiger partial charge in [0.05, 0.1) is 32.8 Å². The molecule has 2 N–H and O–H groups in total. The summed E-state index contributed by atoms with van der Waals surface area (Å²) < 4.78 is 8.05. The summed E-state index contributed by atoms with van der Waals surface area (Å²) in [7, 11) is 3.79. The Balaban J connectivity index is 1.15. The molecule has 0 saturated carbocycles. The number of allylic oxidation sites excluding steroid dienone is 1. The lowest BCUT2D eigenvalue weighted by Crippen LogP contribution is -2.62. The lowest BCUT2D eigenvalue weighted by Gasteiger charge is -2.35. The van der Waals surface area contributed by atoms with Crippen molar-refractivity contribution in [3.05, 3.63) is 63.1 Å². The third-order valence-electron chi connectivity index (χ3n) is 13.8. The highest BCUT2D eigenvalue weighted by molar-refractivity contribution is 7.10. The van der Waals surface area contributed by atoms with Crippen molar-refractivity contribution in [2.24, 2.45) is 28.8 Å². The Kier molecular flexibility index (Phi) is 12.7. The molecule has 64 heavy (non-hydrogen) atoms. The molecule has 342 valence electrons. The molecule has 5 aliphatic rings. The maximum Gasteiger partial charge on any atom is 0.326 e. The molecule has 3 aromatic rings. The molecule has 1 spiro atoms. The first kappa shape index (κ1) is 45.3. The first-order valence-electron chi connectivity index (χ1n) is 22.6. The number of likely N-dealkylation sites (tertiary alicyclic amines) is 2. The van der Waals surface area contributed by atoms with Crippen molar-refractivity contribution >= 4 is 57.7 Å². The zero-order chi connectivity index (χ0) is 45.7. The first-order valence-corrected chi connectivity index (χ1v) is 23.5. The van der Waals surface area contributed by atoms with E-state index in [1.54, 1.807) is 16.9 Å². The molecule has 17 heteroatoms. The van der Waals surface area contributed by atoms with Crippen LogP contribution in [0.5, 0.6) is 0 Å². The smallest absolute Gasteiger partial charge is 0.326 e. The molecule has 0 aliphatic carbocycles. The number of fused-ring (bicyclic) bond motifs is 6. The Morgan fingerprint density at radius 2 is 1.94 bits per heavy atom. The molecular weight excluding hydrogens is 835 g/mol. The van der Waals surface area contributed by atoms with Gasteiger partial charge in [0.25, 0.3) is 5.91 Å². The number of hydrazine groups is 1. The van der Waals surface area contributed by atoms with Crippen LogP contribution in [0.25, 0.3) is 27.7 Å². The zero-order valence-electron chi connectivity index (χ0n) is 38.1. The molecule has 5 atom stereocenters. The average Bonchev–Trinajstić information content (AvgIpc) is 4.07. The molecule has 16 nitrogen and oxygen atoms in total. The van der Waals surface area contributed by atoms with Gasteiger partial charge in [-0.3, -0.25) is 29.2 Å². The van der Waals surface area contributed by atoms with Crippen molar-refractivity contribution in [3.8, 4) is 11.3 Å². The molecule has 6 bridgehead atoms. The maximum atomic E-state index is 14.6. The fourth-order valence-electron chi connectivity index (χ4n) is 10.3. The van der Waals surface area contributed by atoms with Crippen molar-refractivity contribution in [1.29, 1.82) is 0 Å². The minimum absolute atomic E-state index is 0.0866. The third kappa shape index (κ3) is 8.53. The number of ether oxygens (including phenoxy) is 1. The summed E-state index contributed by atoms with van der Waals surface area (Å²) in [6, 6.07) is 4.42. The molecule has 0 radical (unpaired) electrons. The first-order chi connectivity index (χ1) is 30.5. The van der Waals surface area contributed by atoms with Gasteiger partial charge < -0.3 is 24.4 Å². The number of carbonyl (C=O) groups is 4. The topological polar surface area (TPSA) is 171 Å². The molecule has 4 amide bonds. The highest BCUT2D eigenvalue weighted by Gasteiger charge is 2.54. The van der Waals surface area contributed by atoms with Crippen LogP contribution in [-0.4, -0.2) is 123 Å². The quantitative estimate of drug-likeness (QED) is 0.283. The van der Waals surface area contributed by atoms with Crippen molar-refractivity contribution in [3.63, 3.8) is 0 Å². The standard InChI is InChI=1S/C47H61N9O7S/c1-9-39(57)53-20-16-47(26-53)17-21-54(45(47)60)41(28(2)3)43(58)50-34-23-38-49-35(25-64-38)30-14-15-36-32(22-30)33(42(52(36)7)31-12-10-18-48-40(31)29(4)62-8)24-46(5,6)27-63-56(61)37-13-11-19-55(51-37)44(34)59/h9,14-15,18,22,25,28-29,34,37,41,51H,1,10-13,16-17,19-21,23-24,26-27H2,2-8H3/p+1/t29-,34-,37+,41-,47?/m0/s1. The summed E-state index contributed by atoms with van der Waals surface area (Å²) in [6.45, 7) is 15.1. The van der Waals surface area contributed by atoms with E-state index in [9.17, 15) is 24.1 Å². The van der Waals surface area contributed by atoms with Gasteiger partial charge in [0.2, 0.25) is 22.6 Å². The van der Waals surface area contributed by atoms with Crippen LogP contribution in [-0.2, 0) is 48.6 Å². The number of methoxy groups -OCH3 is 1. The van der Waals surface area contributed by atoms with E-state index in [0.29, 0.717) is 61.7 Å². The lowest BCUT2D eigenvalue weighted by atomic mass is 9.83. The number of nitrogens with zero attached hydrogens (tertiary/aromatic N) is 7.